The zero-order valence-electron chi connectivity index (χ0n) is 13.7. The van der Waals surface area contributed by atoms with Crippen LogP contribution in [0.3, 0.4) is 0 Å². The molecule has 5 nitrogen and oxygen atoms in total. The first-order valence-corrected chi connectivity index (χ1v) is 7.90. The summed E-state index contributed by atoms with van der Waals surface area (Å²) in [5.74, 6) is -0.268. The Bertz CT molecular complexity index is 671. The minimum atomic E-state index is -0.233. The van der Waals surface area contributed by atoms with Crippen molar-refractivity contribution in [2.75, 3.05) is 24.4 Å². The van der Waals surface area contributed by atoms with E-state index in [4.69, 9.17) is 4.74 Å². The van der Waals surface area contributed by atoms with Crippen LogP contribution in [0.1, 0.15) is 18.4 Å². The third-order valence-corrected chi connectivity index (χ3v) is 3.42. The van der Waals surface area contributed by atoms with Gasteiger partial charge in [0, 0.05) is 24.9 Å². The van der Waals surface area contributed by atoms with Gasteiger partial charge in [-0.2, -0.15) is 0 Å². The lowest BCUT2D eigenvalue weighted by Gasteiger charge is -2.09. The SMILES string of the molecule is COCC(=O)Nc1cccc(NC(=O)CCCc2ccccc2)c1. The number of nitrogens with one attached hydrogen (secondary N) is 2. The predicted molar refractivity (Wildman–Crippen MR) is 95.0 cm³/mol. The molecule has 0 bridgehead atoms. The van der Waals surface area contributed by atoms with Gasteiger partial charge in [-0.15, -0.1) is 0 Å². The van der Waals surface area contributed by atoms with Crippen LogP contribution in [0.2, 0.25) is 0 Å². The van der Waals surface area contributed by atoms with Gasteiger partial charge in [0.25, 0.3) is 0 Å². The number of ether oxygens (including phenoxy) is 1. The highest BCUT2D eigenvalue weighted by Gasteiger charge is 2.05. The second kappa shape index (κ2) is 9.47. The summed E-state index contributed by atoms with van der Waals surface area (Å²) in [7, 11) is 1.46. The first-order valence-electron chi connectivity index (χ1n) is 7.90. The molecule has 0 fully saturated rings. The van der Waals surface area contributed by atoms with E-state index < -0.39 is 0 Å². The van der Waals surface area contributed by atoms with Crippen molar-refractivity contribution >= 4 is 23.2 Å². The maximum Gasteiger partial charge on any atom is 0.250 e. The van der Waals surface area contributed by atoms with Crippen LogP contribution in [-0.2, 0) is 20.7 Å². The van der Waals surface area contributed by atoms with Crippen LogP contribution >= 0.6 is 0 Å². The molecule has 0 aromatic heterocycles. The minimum absolute atomic E-state index is 0.00390. The number of aryl methyl sites for hydroxylation is 1. The molecule has 126 valence electrons. The Labute approximate surface area is 142 Å². The number of hydrogen-bond acceptors (Lipinski definition) is 3. The Kier molecular flexibility index (Phi) is 6.98. The van der Waals surface area contributed by atoms with Crippen molar-refractivity contribution in [2.45, 2.75) is 19.3 Å². The molecule has 2 aromatic carbocycles. The molecule has 0 aliphatic rings. The van der Waals surface area contributed by atoms with Gasteiger partial charge in [-0.25, -0.2) is 0 Å². The van der Waals surface area contributed by atoms with Crippen LogP contribution < -0.4 is 10.6 Å². The van der Waals surface area contributed by atoms with Crippen molar-refractivity contribution in [1.82, 2.24) is 0 Å². The van der Waals surface area contributed by atoms with E-state index in [1.54, 1.807) is 24.3 Å². The predicted octanol–water partition coefficient (Wildman–Crippen LogP) is 3.23. The molecule has 2 rings (SSSR count). The van der Waals surface area contributed by atoms with Gasteiger partial charge in [-0.05, 0) is 36.6 Å². The van der Waals surface area contributed by atoms with Crippen LogP contribution in [0.15, 0.2) is 54.6 Å². The zero-order valence-corrected chi connectivity index (χ0v) is 13.7. The maximum absolute atomic E-state index is 12.0. The maximum atomic E-state index is 12.0. The van der Waals surface area contributed by atoms with Gasteiger partial charge in [-0.1, -0.05) is 36.4 Å². The van der Waals surface area contributed by atoms with Gasteiger partial charge in [0.05, 0.1) is 0 Å². The summed E-state index contributed by atoms with van der Waals surface area (Å²) in [5.41, 5.74) is 2.52. The van der Waals surface area contributed by atoms with Crippen LogP contribution in [-0.4, -0.2) is 25.5 Å². The topological polar surface area (TPSA) is 67.4 Å². The molecule has 0 saturated heterocycles. The normalized spacial score (nSPS) is 10.2. The summed E-state index contributed by atoms with van der Waals surface area (Å²) in [5, 5.41) is 5.56. The largest absolute Gasteiger partial charge is 0.375 e. The number of hydrogen-bond donors (Lipinski definition) is 2. The van der Waals surface area contributed by atoms with E-state index in [2.05, 4.69) is 22.8 Å². The monoisotopic (exact) mass is 326 g/mol. The molecule has 0 aliphatic carbocycles. The third kappa shape index (κ3) is 6.22. The van der Waals surface area contributed by atoms with Crippen molar-refractivity contribution in [1.29, 1.82) is 0 Å². The molecule has 0 atom stereocenters. The summed E-state index contributed by atoms with van der Waals surface area (Å²) in [6.07, 6.45) is 2.12. The molecule has 2 N–H and O–H groups in total. The van der Waals surface area contributed by atoms with Crippen LogP contribution in [0.4, 0.5) is 11.4 Å². The molecule has 5 heteroatoms. The van der Waals surface area contributed by atoms with Crippen LogP contribution in [0.25, 0.3) is 0 Å². The first-order chi connectivity index (χ1) is 11.7. The van der Waals surface area contributed by atoms with E-state index in [9.17, 15) is 9.59 Å². The molecule has 0 aliphatic heterocycles. The fraction of sp³-hybridized carbons (Fsp3) is 0.263. The molecule has 0 unspecified atom stereocenters. The quantitative estimate of drug-likeness (QED) is 0.782. The Hall–Kier alpha value is -2.66. The number of benzene rings is 2. The second-order valence-electron chi connectivity index (χ2n) is 5.45. The van der Waals surface area contributed by atoms with Crippen LogP contribution in [0, 0.1) is 0 Å². The van der Waals surface area contributed by atoms with E-state index in [-0.39, 0.29) is 18.4 Å². The van der Waals surface area contributed by atoms with Crippen molar-refractivity contribution in [3.8, 4) is 0 Å². The lowest BCUT2D eigenvalue weighted by Crippen LogP contribution is -2.17. The second-order valence-corrected chi connectivity index (χ2v) is 5.45. The third-order valence-electron chi connectivity index (χ3n) is 3.42. The number of carbonyl (C=O) groups excluding carboxylic acids is 2. The van der Waals surface area contributed by atoms with E-state index >= 15 is 0 Å². The zero-order chi connectivity index (χ0) is 17.2. The Morgan fingerprint density at radius 2 is 1.58 bits per heavy atom. The van der Waals surface area contributed by atoms with Crippen molar-refractivity contribution in [3.63, 3.8) is 0 Å². The molecular weight excluding hydrogens is 304 g/mol. The van der Waals surface area contributed by atoms with Crippen LogP contribution in [0.5, 0.6) is 0 Å². The van der Waals surface area contributed by atoms with Gasteiger partial charge >= 0.3 is 0 Å². The van der Waals surface area contributed by atoms with Gasteiger partial charge in [0.2, 0.25) is 11.8 Å². The van der Waals surface area contributed by atoms with E-state index in [0.717, 1.165) is 12.8 Å². The standard InChI is InChI=1S/C19H22N2O3/c1-24-14-19(23)21-17-11-6-10-16(13-17)20-18(22)12-5-9-15-7-3-2-4-8-15/h2-4,6-8,10-11,13H,5,9,12,14H2,1H3,(H,20,22)(H,21,23). The average molecular weight is 326 g/mol. The highest BCUT2D eigenvalue weighted by Crippen LogP contribution is 2.15. The van der Waals surface area contributed by atoms with Crippen molar-refractivity contribution in [2.24, 2.45) is 0 Å². The molecule has 0 radical (unpaired) electrons. The fourth-order valence-electron chi connectivity index (χ4n) is 2.32. The molecule has 0 heterocycles. The molecule has 2 amide bonds. The minimum Gasteiger partial charge on any atom is -0.375 e. The summed E-state index contributed by atoms with van der Waals surface area (Å²) < 4.78 is 4.77. The highest BCUT2D eigenvalue weighted by atomic mass is 16.5. The van der Waals surface area contributed by atoms with E-state index in [1.165, 1.54) is 12.7 Å². The van der Waals surface area contributed by atoms with Gasteiger partial charge in [0.15, 0.2) is 0 Å². The van der Waals surface area contributed by atoms with E-state index in [0.29, 0.717) is 17.8 Å². The van der Waals surface area contributed by atoms with Crippen molar-refractivity contribution in [3.05, 3.63) is 60.2 Å². The first kappa shape index (κ1) is 17.7. The number of anilines is 2. The smallest absolute Gasteiger partial charge is 0.250 e. The summed E-state index contributed by atoms with van der Waals surface area (Å²) >= 11 is 0. The Morgan fingerprint density at radius 3 is 2.25 bits per heavy atom. The lowest BCUT2D eigenvalue weighted by atomic mass is 10.1. The molecule has 0 spiro atoms. The number of rotatable bonds is 8. The number of amides is 2. The lowest BCUT2D eigenvalue weighted by molar-refractivity contribution is -0.119. The van der Waals surface area contributed by atoms with Gasteiger partial charge in [0.1, 0.15) is 6.61 Å². The van der Waals surface area contributed by atoms with Gasteiger partial charge in [-0.3, -0.25) is 9.59 Å². The highest BCUT2D eigenvalue weighted by molar-refractivity contribution is 5.94. The Morgan fingerprint density at radius 1 is 0.917 bits per heavy atom. The van der Waals surface area contributed by atoms with Crippen molar-refractivity contribution < 1.29 is 14.3 Å². The summed E-state index contributed by atoms with van der Waals surface area (Å²) in [6.45, 7) is -0.00390. The average Bonchev–Trinajstić information content (AvgIpc) is 2.56. The molecular formula is C19H22N2O3. The molecule has 0 saturated carbocycles. The summed E-state index contributed by atoms with van der Waals surface area (Å²) in [6, 6.07) is 17.2. The number of carbonyl (C=O) groups is 2. The number of methoxy groups -OCH3 is 1. The Balaban J connectivity index is 1.79. The van der Waals surface area contributed by atoms with Gasteiger partial charge < -0.3 is 15.4 Å². The summed E-state index contributed by atoms with van der Waals surface area (Å²) in [4.78, 5) is 23.5. The molecule has 2 aromatic rings. The molecule has 24 heavy (non-hydrogen) atoms. The van der Waals surface area contributed by atoms with E-state index in [1.807, 2.05) is 18.2 Å². The fourth-order valence-corrected chi connectivity index (χ4v) is 2.32.